The normalized spacial score (nSPS) is 23.1. The van der Waals surface area contributed by atoms with Gasteiger partial charge in [0.15, 0.2) is 0 Å². The van der Waals surface area contributed by atoms with Crippen LogP contribution in [0.1, 0.15) is 32.3 Å². The van der Waals surface area contributed by atoms with Crippen molar-refractivity contribution >= 4 is 11.6 Å². The van der Waals surface area contributed by atoms with Gasteiger partial charge in [0.1, 0.15) is 0 Å². The molecule has 98 valence electrons. The molecule has 1 aromatic rings. The number of hydrogen-bond donors (Lipinski definition) is 1. The molecule has 1 saturated heterocycles. The Morgan fingerprint density at radius 2 is 2.06 bits per heavy atom. The first-order chi connectivity index (χ1) is 8.57. The van der Waals surface area contributed by atoms with E-state index in [9.17, 15) is 4.79 Å². The minimum Gasteiger partial charge on any atom is -0.311 e. The van der Waals surface area contributed by atoms with Crippen LogP contribution in [0.5, 0.6) is 0 Å². The van der Waals surface area contributed by atoms with E-state index in [2.05, 4.69) is 24.4 Å². The third-order valence-corrected chi connectivity index (χ3v) is 3.75. The first kappa shape index (κ1) is 13.1. The number of aryl methyl sites for hydroxylation is 1. The molecule has 3 nitrogen and oxygen atoms in total. The van der Waals surface area contributed by atoms with Crippen LogP contribution in [0.25, 0.3) is 0 Å². The fraction of sp³-hybridized carbons (Fsp3) is 0.533. The summed E-state index contributed by atoms with van der Waals surface area (Å²) in [6.45, 7) is 7.74. The van der Waals surface area contributed by atoms with Gasteiger partial charge >= 0.3 is 0 Å². The van der Waals surface area contributed by atoms with Gasteiger partial charge in [-0.3, -0.25) is 4.79 Å². The van der Waals surface area contributed by atoms with Crippen LogP contribution in [0.4, 0.5) is 5.69 Å². The van der Waals surface area contributed by atoms with Crippen LogP contribution in [-0.2, 0) is 4.79 Å². The van der Waals surface area contributed by atoms with Crippen molar-refractivity contribution in [1.82, 2.24) is 5.32 Å². The van der Waals surface area contributed by atoms with Crippen LogP contribution in [-0.4, -0.2) is 24.5 Å². The Labute approximate surface area is 109 Å². The topological polar surface area (TPSA) is 32.3 Å². The average Bonchev–Trinajstić information content (AvgIpc) is 2.81. The van der Waals surface area contributed by atoms with Gasteiger partial charge in [0.05, 0.1) is 5.54 Å². The quantitative estimate of drug-likeness (QED) is 0.888. The summed E-state index contributed by atoms with van der Waals surface area (Å²) in [6.07, 6.45) is 2.00. The van der Waals surface area contributed by atoms with Gasteiger partial charge < -0.3 is 10.2 Å². The largest absolute Gasteiger partial charge is 0.311 e. The van der Waals surface area contributed by atoms with Crippen molar-refractivity contribution in [2.45, 2.75) is 39.2 Å². The van der Waals surface area contributed by atoms with E-state index >= 15 is 0 Å². The van der Waals surface area contributed by atoms with Crippen molar-refractivity contribution in [3.05, 3.63) is 29.8 Å². The van der Waals surface area contributed by atoms with E-state index < -0.39 is 0 Å². The average molecular weight is 246 g/mol. The lowest BCUT2D eigenvalue weighted by Crippen LogP contribution is -2.53. The number of rotatable bonds is 3. The summed E-state index contributed by atoms with van der Waals surface area (Å²) in [5.41, 5.74) is 1.82. The van der Waals surface area contributed by atoms with Gasteiger partial charge in [0.25, 0.3) is 0 Å². The highest BCUT2D eigenvalue weighted by Gasteiger charge is 2.38. The Hall–Kier alpha value is -1.35. The summed E-state index contributed by atoms with van der Waals surface area (Å²) in [5.74, 6) is 0.186. The minimum atomic E-state index is -0.388. The zero-order chi connectivity index (χ0) is 13.2. The summed E-state index contributed by atoms with van der Waals surface area (Å²) >= 11 is 0. The summed E-state index contributed by atoms with van der Waals surface area (Å²) in [6, 6.07) is 8.15. The number of carbonyl (C=O) groups excluding carboxylic acids is 1. The van der Waals surface area contributed by atoms with Gasteiger partial charge in [-0.2, -0.15) is 0 Å². The van der Waals surface area contributed by atoms with Gasteiger partial charge in [-0.1, -0.05) is 17.7 Å². The number of nitrogens with one attached hydrogen (secondary N) is 1. The molecule has 3 heteroatoms. The lowest BCUT2D eigenvalue weighted by molar-refractivity contribution is -0.123. The van der Waals surface area contributed by atoms with Crippen LogP contribution in [0.2, 0.25) is 0 Å². The van der Waals surface area contributed by atoms with Crippen LogP contribution in [0.15, 0.2) is 24.3 Å². The highest BCUT2D eigenvalue weighted by Crippen LogP contribution is 2.25. The zero-order valence-corrected chi connectivity index (χ0v) is 11.5. The van der Waals surface area contributed by atoms with Crippen molar-refractivity contribution in [1.29, 1.82) is 0 Å². The highest BCUT2D eigenvalue weighted by molar-refractivity contribution is 6.00. The molecule has 0 radical (unpaired) electrons. The van der Waals surface area contributed by atoms with E-state index in [1.54, 1.807) is 0 Å². The fourth-order valence-electron chi connectivity index (χ4n) is 2.54. The van der Waals surface area contributed by atoms with E-state index in [1.807, 2.05) is 30.9 Å². The molecule has 1 aliphatic rings. The van der Waals surface area contributed by atoms with E-state index in [-0.39, 0.29) is 11.4 Å². The molecule has 1 aliphatic heterocycles. The predicted molar refractivity (Wildman–Crippen MR) is 74.8 cm³/mol. The van der Waals surface area contributed by atoms with Gasteiger partial charge in [-0.05, 0) is 52.3 Å². The molecule has 1 fully saturated rings. The van der Waals surface area contributed by atoms with Gasteiger partial charge in [0, 0.05) is 12.2 Å². The number of benzene rings is 1. The second-order valence-corrected chi connectivity index (χ2v) is 5.25. The Morgan fingerprint density at radius 3 is 2.56 bits per heavy atom. The van der Waals surface area contributed by atoms with Crippen LogP contribution in [0, 0.1) is 6.92 Å². The monoisotopic (exact) mass is 246 g/mol. The Bertz CT molecular complexity index is 419. The summed E-state index contributed by atoms with van der Waals surface area (Å²) < 4.78 is 0. The van der Waals surface area contributed by atoms with Crippen LogP contribution in [0.3, 0.4) is 0 Å². The van der Waals surface area contributed by atoms with Crippen molar-refractivity contribution in [3.8, 4) is 0 Å². The van der Waals surface area contributed by atoms with E-state index in [0.717, 1.165) is 25.1 Å². The van der Waals surface area contributed by atoms with Crippen molar-refractivity contribution < 1.29 is 4.79 Å². The first-order valence-corrected chi connectivity index (χ1v) is 6.70. The Morgan fingerprint density at radius 1 is 1.39 bits per heavy atom. The number of carbonyl (C=O) groups is 1. The number of hydrogen-bond acceptors (Lipinski definition) is 2. The van der Waals surface area contributed by atoms with Crippen molar-refractivity contribution in [3.63, 3.8) is 0 Å². The Balaban J connectivity index is 2.23. The maximum Gasteiger partial charge on any atom is 0.246 e. The molecule has 0 aliphatic carbocycles. The molecular formula is C15H22N2O. The molecule has 1 aromatic carbocycles. The molecule has 1 unspecified atom stereocenters. The number of amides is 1. The molecule has 1 N–H and O–H groups in total. The van der Waals surface area contributed by atoms with Gasteiger partial charge in [0.2, 0.25) is 5.91 Å². The maximum absolute atomic E-state index is 12.6. The zero-order valence-electron chi connectivity index (χ0n) is 11.5. The molecule has 0 aromatic heterocycles. The SMILES string of the molecule is CCN(C(=O)C1(C)CCCN1)c1ccc(C)cc1. The Kier molecular flexibility index (Phi) is 3.71. The lowest BCUT2D eigenvalue weighted by Gasteiger charge is -2.31. The molecule has 0 spiro atoms. The van der Waals surface area contributed by atoms with Crippen LogP contribution >= 0.6 is 0 Å². The molecule has 1 atom stereocenters. The third kappa shape index (κ3) is 2.41. The number of likely N-dealkylation sites (N-methyl/N-ethyl adjacent to an activating group) is 1. The van der Waals surface area contributed by atoms with E-state index in [4.69, 9.17) is 0 Å². The van der Waals surface area contributed by atoms with Gasteiger partial charge in [-0.15, -0.1) is 0 Å². The molecule has 1 amide bonds. The minimum absolute atomic E-state index is 0.186. The summed E-state index contributed by atoms with van der Waals surface area (Å²) in [5, 5.41) is 3.34. The predicted octanol–water partition coefficient (Wildman–Crippen LogP) is 2.49. The molecular weight excluding hydrogens is 224 g/mol. The molecule has 0 saturated carbocycles. The molecule has 0 bridgehead atoms. The van der Waals surface area contributed by atoms with Crippen molar-refractivity contribution in [2.24, 2.45) is 0 Å². The van der Waals surface area contributed by atoms with E-state index in [1.165, 1.54) is 5.56 Å². The number of nitrogens with zero attached hydrogens (tertiary/aromatic N) is 1. The fourth-order valence-corrected chi connectivity index (χ4v) is 2.54. The lowest BCUT2D eigenvalue weighted by atomic mass is 9.98. The van der Waals surface area contributed by atoms with Crippen LogP contribution < -0.4 is 10.2 Å². The maximum atomic E-state index is 12.6. The molecule has 1 heterocycles. The first-order valence-electron chi connectivity index (χ1n) is 6.70. The smallest absolute Gasteiger partial charge is 0.246 e. The number of anilines is 1. The second kappa shape index (κ2) is 5.11. The van der Waals surface area contributed by atoms with E-state index in [0.29, 0.717) is 6.54 Å². The standard InChI is InChI=1S/C15H22N2O/c1-4-17(13-8-6-12(2)7-9-13)14(18)15(3)10-5-11-16-15/h6-9,16H,4-5,10-11H2,1-3H3. The van der Waals surface area contributed by atoms with Crippen molar-refractivity contribution in [2.75, 3.05) is 18.0 Å². The highest BCUT2D eigenvalue weighted by atomic mass is 16.2. The van der Waals surface area contributed by atoms with Gasteiger partial charge in [-0.25, -0.2) is 0 Å². The summed E-state index contributed by atoms with van der Waals surface area (Å²) in [4.78, 5) is 14.5. The molecule has 18 heavy (non-hydrogen) atoms. The third-order valence-electron chi connectivity index (χ3n) is 3.75. The second-order valence-electron chi connectivity index (χ2n) is 5.25. The molecule has 2 rings (SSSR count). The summed E-state index contributed by atoms with van der Waals surface area (Å²) in [7, 11) is 0.